The van der Waals surface area contributed by atoms with E-state index in [1.165, 1.54) is 57.8 Å². The minimum Gasteiger partial charge on any atom is -0.297 e. The molecule has 4 saturated carbocycles. The molecule has 1 aliphatic heterocycles. The number of carbonyl (C=O) groups is 1. The van der Waals surface area contributed by atoms with Crippen LogP contribution < -0.4 is 5.32 Å². The Bertz CT molecular complexity index is 784. The monoisotopic (exact) mass is 487 g/mol. The zero-order valence-electron chi connectivity index (χ0n) is 23.3. The number of hydrogen-bond donors (Lipinski definition) is 1. The van der Waals surface area contributed by atoms with E-state index in [4.69, 9.17) is 0 Å². The number of carbonyl (C=O) groups excluding carboxylic acids is 1. The maximum Gasteiger partial charge on any atom is 0.164 e. The molecule has 0 radical (unpaired) electrons. The number of ketones is 1. The maximum absolute atomic E-state index is 13.9. The van der Waals surface area contributed by atoms with Crippen molar-refractivity contribution in [1.82, 2.24) is 5.32 Å². The van der Waals surface area contributed by atoms with E-state index in [0.29, 0.717) is 17.1 Å². The van der Waals surface area contributed by atoms with Crippen LogP contribution in [0.25, 0.3) is 0 Å². The topological polar surface area (TPSA) is 29.1 Å². The van der Waals surface area contributed by atoms with Crippen molar-refractivity contribution in [2.24, 2.45) is 57.7 Å². The van der Waals surface area contributed by atoms with Gasteiger partial charge in [0.25, 0.3) is 0 Å². The summed E-state index contributed by atoms with van der Waals surface area (Å²) in [4.78, 5) is 13.5. The SMILES string of the molecule is CC(C)CCC[C@@H](C)[C@H]1CC[C@H]2[C@@H]3CC[C@@H]4C(C)(C)[C@@]5(NCCS5)C(=O)C[C@]4(C)[C@H]3CC[C@]12C. The third kappa shape index (κ3) is 3.55. The molecule has 0 aromatic heterocycles. The zero-order chi connectivity index (χ0) is 24.5. The second-order valence-electron chi connectivity index (χ2n) is 14.8. The van der Waals surface area contributed by atoms with Crippen LogP contribution >= 0.6 is 11.8 Å². The first-order valence-electron chi connectivity index (χ1n) is 14.9. The van der Waals surface area contributed by atoms with Crippen molar-refractivity contribution in [3.8, 4) is 0 Å². The van der Waals surface area contributed by atoms with Gasteiger partial charge in [-0.2, -0.15) is 0 Å². The summed E-state index contributed by atoms with van der Waals surface area (Å²) >= 11 is 1.93. The number of nitrogens with one attached hydrogen (secondary N) is 1. The van der Waals surface area contributed by atoms with Gasteiger partial charge in [-0.1, -0.05) is 67.7 Å². The summed E-state index contributed by atoms with van der Waals surface area (Å²) in [6.07, 6.45) is 13.5. The van der Waals surface area contributed by atoms with E-state index in [1.807, 2.05) is 11.8 Å². The number of Topliss-reactive ketones (excluding diaryl/α,β-unsaturated/α-hetero) is 1. The van der Waals surface area contributed by atoms with Crippen LogP contribution in [0.2, 0.25) is 0 Å². The Hall–Kier alpha value is -0.0200. The van der Waals surface area contributed by atoms with Gasteiger partial charge in [-0.05, 0) is 90.8 Å². The van der Waals surface area contributed by atoms with Crippen molar-refractivity contribution < 1.29 is 4.79 Å². The van der Waals surface area contributed by atoms with Crippen molar-refractivity contribution in [2.75, 3.05) is 12.3 Å². The Kier molecular flexibility index (Phi) is 6.62. The molecule has 5 fully saturated rings. The molecule has 194 valence electrons. The van der Waals surface area contributed by atoms with Gasteiger partial charge in [0.2, 0.25) is 0 Å². The first-order valence-corrected chi connectivity index (χ1v) is 15.9. The Morgan fingerprint density at radius 2 is 1.68 bits per heavy atom. The van der Waals surface area contributed by atoms with E-state index in [1.54, 1.807) is 0 Å². The van der Waals surface area contributed by atoms with Crippen molar-refractivity contribution in [2.45, 2.75) is 118 Å². The fourth-order valence-corrected chi connectivity index (χ4v) is 12.5. The van der Waals surface area contributed by atoms with Gasteiger partial charge in [-0.15, -0.1) is 11.8 Å². The highest BCUT2D eigenvalue weighted by Gasteiger charge is 2.69. The van der Waals surface area contributed by atoms with Gasteiger partial charge in [0, 0.05) is 24.1 Å². The van der Waals surface area contributed by atoms with Crippen LogP contribution in [-0.2, 0) is 4.79 Å². The van der Waals surface area contributed by atoms with Gasteiger partial charge in [-0.25, -0.2) is 0 Å². The largest absolute Gasteiger partial charge is 0.297 e. The predicted octanol–water partition coefficient (Wildman–Crippen LogP) is 7.96. The Morgan fingerprint density at radius 3 is 2.35 bits per heavy atom. The van der Waals surface area contributed by atoms with E-state index >= 15 is 0 Å². The summed E-state index contributed by atoms with van der Waals surface area (Å²) in [5, 5.41) is 3.73. The highest BCUT2D eigenvalue weighted by atomic mass is 32.2. The van der Waals surface area contributed by atoms with Gasteiger partial charge in [0.05, 0.1) is 0 Å². The molecule has 0 amide bonds. The van der Waals surface area contributed by atoms with E-state index in [-0.39, 0.29) is 15.7 Å². The zero-order valence-corrected chi connectivity index (χ0v) is 24.2. The van der Waals surface area contributed by atoms with Crippen molar-refractivity contribution in [3.63, 3.8) is 0 Å². The van der Waals surface area contributed by atoms with Crippen LogP contribution in [0.15, 0.2) is 0 Å². The molecule has 5 aliphatic rings. The predicted molar refractivity (Wildman–Crippen MR) is 146 cm³/mol. The molecule has 1 spiro atoms. The molecule has 5 rings (SSSR count). The van der Waals surface area contributed by atoms with Crippen LogP contribution in [0.5, 0.6) is 0 Å². The number of fused-ring (bicyclic) bond motifs is 5. The number of hydrogen-bond acceptors (Lipinski definition) is 3. The van der Waals surface area contributed by atoms with E-state index in [0.717, 1.165) is 54.2 Å². The van der Waals surface area contributed by atoms with Crippen LogP contribution in [0.4, 0.5) is 0 Å². The van der Waals surface area contributed by atoms with Crippen LogP contribution in [0.3, 0.4) is 0 Å². The summed E-state index contributed by atoms with van der Waals surface area (Å²) < 4.78 is 0. The van der Waals surface area contributed by atoms with Crippen molar-refractivity contribution in [1.29, 1.82) is 0 Å². The molecule has 0 unspecified atom stereocenters. The number of rotatable bonds is 5. The normalized spacial score (nSPS) is 48.6. The highest BCUT2D eigenvalue weighted by Crippen LogP contribution is 2.72. The average Bonchev–Trinajstić information content (AvgIpc) is 3.38. The lowest BCUT2D eigenvalue weighted by molar-refractivity contribution is -0.171. The molecule has 2 nitrogen and oxygen atoms in total. The van der Waals surface area contributed by atoms with Crippen LogP contribution in [-0.4, -0.2) is 23.0 Å². The summed E-state index contributed by atoms with van der Waals surface area (Å²) in [5.74, 6) is 7.41. The molecule has 34 heavy (non-hydrogen) atoms. The lowest BCUT2D eigenvalue weighted by atomic mass is 9.40. The average molecular weight is 488 g/mol. The molecule has 0 aromatic carbocycles. The first kappa shape index (κ1) is 25.6. The van der Waals surface area contributed by atoms with Gasteiger partial charge in [0.1, 0.15) is 4.87 Å². The Morgan fingerprint density at radius 1 is 0.941 bits per heavy atom. The summed E-state index contributed by atoms with van der Waals surface area (Å²) in [5.41, 5.74) is 0.773. The quantitative estimate of drug-likeness (QED) is 0.426. The molecule has 1 N–H and O–H groups in total. The standard InChI is InChI=1S/C31H53NOS/c1-20(2)9-8-10-21(3)23-12-13-24-22-11-14-26-28(4,5)31(32-17-18-34-31)27(33)19-30(26,7)25(22)15-16-29(23,24)6/h20-26,32H,8-19H2,1-7H3/t21-,22+,23-,24+,25+,26-,29-,30-,31-/m1/s1. The van der Waals surface area contributed by atoms with Crippen molar-refractivity contribution in [3.05, 3.63) is 0 Å². The van der Waals surface area contributed by atoms with E-state index < -0.39 is 0 Å². The first-order chi connectivity index (χ1) is 16.0. The molecular weight excluding hydrogens is 434 g/mol. The van der Waals surface area contributed by atoms with Crippen LogP contribution in [0, 0.1) is 57.7 Å². The lowest BCUT2D eigenvalue weighted by Crippen LogP contribution is -2.69. The van der Waals surface area contributed by atoms with Gasteiger partial charge >= 0.3 is 0 Å². The molecule has 4 aliphatic carbocycles. The molecule has 1 heterocycles. The molecule has 3 heteroatoms. The maximum atomic E-state index is 13.9. The minimum atomic E-state index is -0.322. The molecule has 9 atom stereocenters. The molecular formula is C31H53NOS. The minimum absolute atomic E-state index is 0.0348. The second-order valence-corrected chi connectivity index (χ2v) is 16.1. The van der Waals surface area contributed by atoms with E-state index in [9.17, 15) is 4.79 Å². The number of thioether (sulfide) groups is 1. The van der Waals surface area contributed by atoms with Gasteiger partial charge < -0.3 is 0 Å². The molecule has 1 saturated heterocycles. The smallest absolute Gasteiger partial charge is 0.164 e. The third-order valence-electron chi connectivity index (χ3n) is 12.6. The van der Waals surface area contributed by atoms with Gasteiger partial charge in [0.15, 0.2) is 5.78 Å². The molecule has 0 bridgehead atoms. The second kappa shape index (κ2) is 8.78. The Labute approximate surface area is 214 Å². The van der Waals surface area contributed by atoms with Gasteiger partial charge in [-0.3, -0.25) is 10.1 Å². The summed E-state index contributed by atoms with van der Waals surface area (Å²) in [6, 6.07) is 0. The summed E-state index contributed by atoms with van der Waals surface area (Å²) in [6.45, 7) is 18.5. The fraction of sp³-hybridized carbons (Fsp3) is 0.968. The lowest BCUT2D eigenvalue weighted by Gasteiger charge is -2.66. The highest BCUT2D eigenvalue weighted by molar-refractivity contribution is 8.01. The fourth-order valence-electron chi connectivity index (χ4n) is 11.1. The summed E-state index contributed by atoms with van der Waals surface area (Å²) in [7, 11) is 0. The van der Waals surface area contributed by atoms with Crippen molar-refractivity contribution >= 4 is 17.5 Å². The Balaban J connectivity index is 1.36. The third-order valence-corrected chi connectivity index (χ3v) is 14.3. The van der Waals surface area contributed by atoms with E-state index in [2.05, 4.69) is 53.8 Å². The van der Waals surface area contributed by atoms with Crippen LogP contribution in [0.1, 0.15) is 113 Å². The molecule has 0 aromatic rings.